The van der Waals surface area contributed by atoms with E-state index in [-0.39, 0.29) is 5.41 Å². The molecule has 21 heavy (non-hydrogen) atoms. The van der Waals surface area contributed by atoms with Crippen LogP contribution in [0.5, 0.6) is 5.75 Å². The van der Waals surface area contributed by atoms with Crippen molar-refractivity contribution in [2.24, 2.45) is 17.8 Å². The first-order valence-electron chi connectivity index (χ1n) is 8.21. The van der Waals surface area contributed by atoms with Crippen molar-refractivity contribution in [3.05, 3.63) is 35.4 Å². The number of aromatic hydroxyl groups is 1. The van der Waals surface area contributed by atoms with Gasteiger partial charge in [-0.05, 0) is 60.3 Å². The van der Waals surface area contributed by atoms with Crippen LogP contribution in [0.4, 0.5) is 0 Å². The van der Waals surface area contributed by atoms with Crippen molar-refractivity contribution in [3.63, 3.8) is 0 Å². The minimum atomic E-state index is -0.731. The van der Waals surface area contributed by atoms with E-state index in [0.717, 1.165) is 24.3 Å². The number of benzene rings is 1. The van der Waals surface area contributed by atoms with Crippen molar-refractivity contribution in [2.75, 3.05) is 0 Å². The molecule has 0 amide bonds. The van der Waals surface area contributed by atoms with Crippen molar-refractivity contribution in [3.8, 4) is 5.75 Å². The molecule has 3 unspecified atom stereocenters. The van der Waals surface area contributed by atoms with Crippen molar-refractivity contribution in [2.45, 2.75) is 50.5 Å². The Labute approximate surface area is 126 Å². The fourth-order valence-electron chi connectivity index (χ4n) is 5.43. The minimum Gasteiger partial charge on any atom is -0.508 e. The fourth-order valence-corrected chi connectivity index (χ4v) is 5.43. The Balaban J connectivity index is 1.87. The van der Waals surface area contributed by atoms with Crippen LogP contribution >= 0.6 is 0 Å². The smallest absolute Gasteiger partial charge is 0.116 e. The van der Waals surface area contributed by atoms with Crippen molar-refractivity contribution >= 4 is 6.08 Å². The molecule has 2 nitrogen and oxygen atoms in total. The number of phenols is 1. The first kappa shape index (κ1) is 13.4. The maximum absolute atomic E-state index is 11.6. The van der Waals surface area contributed by atoms with Crippen LogP contribution in [0.3, 0.4) is 0 Å². The van der Waals surface area contributed by atoms with E-state index in [0.29, 0.717) is 17.6 Å². The summed E-state index contributed by atoms with van der Waals surface area (Å²) in [5.74, 6) is 2.07. The SMILES string of the molecule is CC1CCC2C1CC[C@]1(C)c3ccc(O)cc3C=C[C@@]21O. The molecule has 3 aliphatic carbocycles. The van der Waals surface area contributed by atoms with Gasteiger partial charge < -0.3 is 10.2 Å². The summed E-state index contributed by atoms with van der Waals surface area (Å²) in [5, 5.41) is 21.3. The predicted octanol–water partition coefficient (Wildman–Crippen LogP) is 3.86. The van der Waals surface area contributed by atoms with Crippen LogP contribution in [0.15, 0.2) is 24.3 Å². The second-order valence-electron chi connectivity index (χ2n) is 7.63. The molecule has 2 saturated carbocycles. The van der Waals surface area contributed by atoms with Gasteiger partial charge in [0.25, 0.3) is 0 Å². The fraction of sp³-hybridized carbons (Fsp3) is 0.579. The van der Waals surface area contributed by atoms with Crippen LogP contribution in [0.25, 0.3) is 6.08 Å². The highest BCUT2D eigenvalue weighted by molar-refractivity contribution is 5.64. The van der Waals surface area contributed by atoms with E-state index in [1.807, 2.05) is 24.3 Å². The topological polar surface area (TPSA) is 40.5 Å². The summed E-state index contributed by atoms with van der Waals surface area (Å²) in [6, 6.07) is 5.59. The second-order valence-corrected chi connectivity index (χ2v) is 7.63. The van der Waals surface area contributed by atoms with Gasteiger partial charge in [0.15, 0.2) is 0 Å². The molecule has 0 bridgehead atoms. The Morgan fingerprint density at radius 1 is 1.19 bits per heavy atom. The molecule has 1 aromatic rings. The summed E-state index contributed by atoms with van der Waals surface area (Å²) in [6.07, 6.45) is 8.65. The maximum atomic E-state index is 11.6. The molecule has 0 aromatic heterocycles. The lowest BCUT2D eigenvalue weighted by atomic mass is 9.51. The third-order valence-corrected chi connectivity index (χ3v) is 6.75. The summed E-state index contributed by atoms with van der Waals surface area (Å²) in [7, 11) is 0. The molecule has 5 atom stereocenters. The van der Waals surface area contributed by atoms with Crippen LogP contribution in [-0.4, -0.2) is 15.8 Å². The molecular formula is C19H24O2. The van der Waals surface area contributed by atoms with Gasteiger partial charge in [-0.1, -0.05) is 38.5 Å². The Morgan fingerprint density at radius 2 is 2.00 bits per heavy atom. The molecule has 1 aromatic carbocycles. The Morgan fingerprint density at radius 3 is 2.81 bits per heavy atom. The summed E-state index contributed by atoms with van der Waals surface area (Å²) in [4.78, 5) is 0. The molecule has 0 saturated heterocycles. The van der Waals surface area contributed by atoms with Gasteiger partial charge in [0.1, 0.15) is 5.75 Å². The number of aliphatic hydroxyl groups is 1. The van der Waals surface area contributed by atoms with Gasteiger partial charge in [0.05, 0.1) is 5.60 Å². The second kappa shape index (κ2) is 4.13. The van der Waals surface area contributed by atoms with Crippen molar-refractivity contribution in [1.29, 1.82) is 0 Å². The number of phenolic OH excluding ortho intramolecular Hbond substituents is 1. The third kappa shape index (κ3) is 1.57. The van der Waals surface area contributed by atoms with Gasteiger partial charge in [-0.25, -0.2) is 0 Å². The lowest BCUT2D eigenvalue weighted by Gasteiger charge is -2.55. The zero-order chi connectivity index (χ0) is 14.8. The average molecular weight is 284 g/mol. The van der Waals surface area contributed by atoms with Gasteiger partial charge in [-0.3, -0.25) is 0 Å². The third-order valence-electron chi connectivity index (χ3n) is 6.75. The molecule has 2 heteroatoms. The summed E-state index contributed by atoms with van der Waals surface area (Å²) in [5.41, 5.74) is 1.30. The molecular weight excluding hydrogens is 260 g/mol. The molecule has 4 rings (SSSR count). The first-order valence-corrected chi connectivity index (χ1v) is 8.21. The van der Waals surface area contributed by atoms with Gasteiger partial charge in [0.2, 0.25) is 0 Å². The normalized spacial score (nSPS) is 44.0. The Bertz CT molecular complexity index is 620. The molecule has 112 valence electrons. The highest BCUT2D eigenvalue weighted by Gasteiger charge is 2.60. The van der Waals surface area contributed by atoms with E-state index >= 15 is 0 Å². The lowest BCUT2D eigenvalue weighted by molar-refractivity contribution is -0.0889. The van der Waals surface area contributed by atoms with Crippen molar-refractivity contribution in [1.82, 2.24) is 0 Å². The van der Waals surface area contributed by atoms with Gasteiger partial charge in [-0.2, -0.15) is 0 Å². The zero-order valence-corrected chi connectivity index (χ0v) is 12.8. The van der Waals surface area contributed by atoms with Crippen LogP contribution < -0.4 is 0 Å². The monoisotopic (exact) mass is 284 g/mol. The van der Waals surface area contributed by atoms with E-state index in [1.54, 1.807) is 6.07 Å². The predicted molar refractivity (Wildman–Crippen MR) is 84.1 cm³/mol. The molecule has 2 N–H and O–H groups in total. The maximum Gasteiger partial charge on any atom is 0.116 e. The summed E-state index contributed by atoms with van der Waals surface area (Å²) in [6.45, 7) is 4.56. The highest BCUT2D eigenvalue weighted by Crippen LogP contribution is 2.60. The number of rotatable bonds is 0. The van der Waals surface area contributed by atoms with Crippen LogP contribution in [0, 0.1) is 17.8 Å². The van der Waals surface area contributed by atoms with Crippen LogP contribution in [0.2, 0.25) is 0 Å². The first-order chi connectivity index (χ1) is 9.96. The van der Waals surface area contributed by atoms with Crippen molar-refractivity contribution < 1.29 is 10.2 Å². The van der Waals surface area contributed by atoms with E-state index in [4.69, 9.17) is 0 Å². The van der Waals surface area contributed by atoms with E-state index in [2.05, 4.69) is 13.8 Å². The van der Waals surface area contributed by atoms with E-state index < -0.39 is 5.60 Å². The molecule has 2 fully saturated rings. The number of hydrogen-bond acceptors (Lipinski definition) is 2. The quantitative estimate of drug-likeness (QED) is 0.759. The standard InChI is InChI=1S/C19H24O2/c1-12-3-5-17-15(12)8-9-18(2)16-6-4-14(20)11-13(16)7-10-19(17,18)21/h4,6-7,10-12,15,17,20-21H,3,5,8-9H2,1-2H3/t12?,15?,17?,18-,19-/m1/s1. The van der Waals surface area contributed by atoms with Crippen LogP contribution in [0.1, 0.15) is 50.7 Å². The van der Waals surface area contributed by atoms with Gasteiger partial charge in [0, 0.05) is 5.41 Å². The minimum absolute atomic E-state index is 0.226. The number of hydrogen-bond donors (Lipinski definition) is 2. The Kier molecular flexibility index (Phi) is 2.63. The highest BCUT2D eigenvalue weighted by atomic mass is 16.3. The summed E-state index contributed by atoms with van der Waals surface area (Å²) < 4.78 is 0. The molecule has 0 heterocycles. The average Bonchev–Trinajstić information content (AvgIpc) is 2.83. The zero-order valence-electron chi connectivity index (χ0n) is 12.8. The molecule has 0 aliphatic heterocycles. The van der Waals surface area contributed by atoms with E-state index in [9.17, 15) is 10.2 Å². The largest absolute Gasteiger partial charge is 0.508 e. The van der Waals surface area contributed by atoms with Gasteiger partial charge in [-0.15, -0.1) is 0 Å². The van der Waals surface area contributed by atoms with E-state index in [1.165, 1.54) is 18.4 Å². The summed E-state index contributed by atoms with van der Waals surface area (Å²) >= 11 is 0. The van der Waals surface area contributed by atoms with Crippen LogP contribution in [-0.2, 0) is 5.41 Å². The lowest BCUT2D eigenvalue weighted by Crippen LogP contribution is -2.59. The molecule has 3 aliphatic rings. The molecule has 0 spiro atoms. The van der Waals surface area contributed by atoms with Gasteiger partial charge >= 0.3 is 0 Å². The Hall–Kier alpha value is -1.28. The molecule has 0 radical (unpaired) electrons. The number of fused-ring (bicyclic) bond motifs is 5.